The van der Waals surface area contributed by atoms with E-state index in [0.29, 0.717) is 6.04 Å². The molecule has 1 aromatic carbocycles. The number of rotatable bonds is 7. The first-order valence-corrected chi connectivity index (χ1v) is 8.30. The molecule has 0 bridgehead atoms. The quantitative estimate of drug-likeness (QED) is 0.814. The van der Waals surface area contributed by atoms with E-state index in [4.69, 9.17) is 0 Å². The van der Waals surface area contributed by atoms with Gasteiger partial charge in [-0.3, -0.25) is 4.90 Å². The van der Waals surface area contributed by atoms with Gasteiger partial charge in [0.1, 0.15) is 0 Å². The summed E-state index contributed by atoms with van der Waals surface area (Å²) in [6, 6.07) is 10.5. The van der Waals surface area contributed by atoms with Crippen molar-refractivity contribution in [2.45, 2.75) is 58.5 Å². The van der Waals surface area contributed by atoms with E-state index < -0.39 is 0 Å². The third-order valence-electron chi connectivity index (χ3n) is 4.48. The minimum Gasteiger partial charge on any atom is -0.309 e. The molecule has 1 aliphatic rings. The Morgan fingerprint density at radius 2 is 2.00 bits per heavy atom. The number of nitrogens with zero attached hydrogens (tertiary/aromatic N) is 1. The minimum atomic E-state index is 0.469. The molecule has 0 aliphatic carbocycles. The highest BCUT2D eigenvalue weighted by Crippen LogP contribution is 2.22. The highest BCUT2D eigenvalue weighted by molar-refractivity contribution is 5.25. The predicted octanol–water partition coefficient (Wildman–Crippen LogP) is 3.77. The van der Waals surface area contributed by atoms with Gasteiger partial charge in [0.05, 0.1) is 0 Å². The summed E-state index contributed by atoms with van der Waals surface area (Å²) in [5.41, 5.74) is 2.90. The van der Waals surface area contributed by atoms with Gasteiger partial charge >= 0.3 is 0 Å². The summed E-state index contributed by atoms with van der Waals surface area (Å²) in [6.45, 7) is 10.2. The van der Waals surface area contributed by atoms with Gasteiger partial charge in [-0.1, -0.05) is 44.5 Å². The smallest absolute Gasteiger partial charge is 0.0449 e. The SMILES string of the molecule is CCCc1ccc(C(CN2CCCC2C)NCC)cc1. The van der Waals surface area contributed by atoms with Crippen molar-refractivity contribution in [2.24, 2.45) is 0 Å². The molecule has 1 aliphatic heterocycles. The van der Waals surface area contributed by atoms with Crippen molar-refractivity contribution < 1.29 is 0 Å². The van der Waals surface area contributed by atoms with Gasteiger partial charge in [-0.05, 0) is 50.4 Å². The van der Waals surface area contributed by atoms with Crippen LogP contribution >= 0.6 is 0 Å². The molecular formula is C18H30N2. The number of likely N-dealkylation sites (tertiary alicyclic amines) is 1. The van der Waals surface area contributed by atoms with Crippen LogP contribution in [0.5, 0.6) is 0 Å². The van der Waals surface area contributed by atoms with Crippen LogP contribution < -0.4 is 5.32 Å². The molecule has 2 unspecified atom stereocenters. The van der Waals surface area contributed by atoms with Crippen LogP contribution in [0.2, 0.25) is 0 Å². The number of likely N-dealkylation sites (N-methyl/N-ethyl adjacent to an activating group) is 1. The molecule has 1 saturated heterocycles. The maximum atomic E-state index is 3.66. The average Bonchev–Trinajstić information content (AvgIpc) is 2.85. The molecule has 1 aromatic rings. The van der Waals surface area contributed by atoms with E-state index in [2.05, 4.69) is 55.3 Å². The molecule has 2 rings (SSSR count). The standard InChI is InChI=1S/C18H30N2/c1-4-7-16-9-11-17(12-10-16)18(19-5-2)14-20-13-6-8-15(20)3/h9-12,15,18-19H,4-8,13-14H2,1-3H3. The topological polar surface area (TPSA) is 15.3 Å². The summed E-state index contributed by atoms with van der Waals surface area (Å²) >= 11 is 0. The van der Waals surface area contributed by atoms with Gasteiger partial charge in [0, 0.05) is 18.6 Å². The maximum Gasteiger partial charge on any atom is 0.0449 e. The van der Waals surface area contributed by atoms with Crippen LogP contribution in [0.25, 0.3) is 0 Å². The van der Waals surface area contributed by atoms with E-state index in [1.165, 1.54) is 43.4 Å². The summed E-state index contributed by atoms with van der Waals surface area (Å²) in [4.78, 5) is 2.63. The fourth-order valence-electron chi connectivity index (χ4n) is 3.24. The maximum absolute atomic E-state index is 3.66. The van der Waals surface area contributed by atoms with Crippen LogP contribution in [0, 0.1) is 0 Å². The van der Waals surface area contributed by atoms with E-state index >= 15 is 0 Å². The van der Waals surface area contributed by atoms with E-state index in [1.807, 2.05) is 0 Å². The Bertz CT molecular complexity index is 385. The number of nitrogens with one attached hydrogen (secondary N) is 1. The summed E-state index contributed by atoms with van der Waals surface area (Å²) in [7, 11) is 0. The highest BCUT2D eigenvalue weighted by Gasteiger charge is 2.23. The van der Waals surface area contributed by atoms with Crippen LogP contribution in [0.1, 0.15) is 57.2 Å². The van der Waals surface area contributed by atoms with Crippen LogP contribution in [0.4, 0.5) is 0 Å². The monoisotopic (exact) mass is 274 g/mol. The molecule has 2 atom stereocenters. The lowest BCUT2D eigenvalue weighted by Crippen LogP contribution is -2.37. The Hall–Kier alpha value is -0.860. The summed E-state index contributed by atoms with van der Waals surface area (Å²) < 4.78 is 0. The third-order valence-corrected chi connectivity index (χ3v) is 4.48. The molecule has 2 nitrogen and oxygen atoms in total. The first kappa shape index (κ1) is 15.5. The van der Waals surface area contributed by atoms with Crippen molar-refractivity contribution >= 4 is 0 Å². The van der Waals surface area contributed by atoms with Crippen molar-refractivity contribution in [1.82, 2.24) is 10.2 Å². The van der Waals surface area contributed by atoms with Crippen molar-refractivity contribution in [2.75, 3.05) is 19.6 Å². The Morgan fingerprint density at radius 1 is 1.25 bits per heavy atom. The summed E-state index contributed by atoms with van der Waals surface area (Å²) in [5.74, 6) is 0. The second-order valence-electron chi connectivity index (χ2n) is 6.09. The fraction of sp³-hybridized carbons (Fsp3) is 0.667. The zero-order chi connectivity index (χ0) is 14.4. The summed E-state index contributed by atoms with van der Waals surface area (Å²) in [5, 5.41) is 3.66. The molecule has 1 N–H and O–H groups in total. The zero-order valence-corrected chi connectivity index (χ0v) is 13.4. The Balaban J connectivity index is 2.03. The van der Waals surface area contributed by atoms with Gasteiger partial charge in [-0.2, -0.15) is 0 Å². The van der Waals surface area contributed by atoms with Gasteiger partial charge < -0.3 is 5.32 Å². The summed E-state index contributed by atoms with van der Waals surface area (Å²) in [6.07, 6.45) is 5.13. The first-order chi connectivity index (χ1) is 9.74. The van der Waals surface area contributed by atoms with Crippen LogP contribution in [-0.4, -0.2) is 30.6 Å². The second kappa shape index (κ2) is 7.80. The Kier molecular flexibility index (Phi) is 6.06. The molecule has 2 heteroatoms. The van der Waals surface area contributed by atoms with Gasteiger partial charge in [0.2, 0.25) is 0 Å². The molecule has 20 heavy (non-hydrogen) atoms. The predicted molar refractivity (Wildman–Crippen MR) is 87.1 cm³/mol. The normalized spacial score (nSPS) is 21.2. The van der Waals surface area contributed by atoms with Gasteiger partial charge in [-0.25, -0.2) is 0 Å². The van der Waals surface area contributed by atoms with E-state index in [9.17, 15) is 0 Å². The number of hydrogen-bond donors (Lipinski definition) is 1. The molecule has 0 aromatic heterocycles. The Labute approximate surface area is 124 Å². The zero-order valence-electron chi connectivity index (χ0n) is 13.4. The Morgan fingerprint density at radius 3 is 2.55 bits per heavy atom. The number of hydrogen-bond acceptors (Lipinski definition) is 2. The van der Waals surface area contributed by atoms with Crippen LogP contribution in [-0.2, 0) is 6.42 Å². The first-order valence-electron chi connectivity index (χ1n) is 8.30. The van der Waals surface area contributed by atoms with E-state index in [0.717, 1.165) is 19.1 Å². The molecular weight excluding hydrogens is 244 g/mol. The number of aryl methyl sites for hydroxylation is 1. The van der Waals surface area contributed by atoms with Crippen molar-refractivity contribution in [1.29, 1.82) is 0 Å². The molecule has 0 spiro atoms. The highest BCUT2D eigenvalue weighted by atomic mass is 15.2. The van der Waals surface area contributed by atoms with E-state index in [-0.39, 0.29) is 0 Å². The molecule has 1 heterocycles. The van der Waals surface area contributed by atoms with Crippen LogP contribution in [0.3, 0.4) is 0 Å². The average molecular weight is 274 g/mol. The fourth-order valence-corrected chi connectivity index (χ4v) is 3.24. The van der Waals surface area contributed by atoms with E-state index in [1.54, 1.807) is 0 Å². The molecule has 112 valence electrons. The van der Waals surface area contributed by atoms with Crippen molar-refractivity contribution in [3.63, 3.8) is 0 Å². The number of benzene rings is 1. The minimum absolute atomic E-state index is 0.469. The third kappa shape index (κ3) is 4.07. The molecule has 0 radical (unpaired) electrons. The largest absolute Gasteiger partial charge is 0.309 e. The molecule has 0 saturated carbocycles. The second-order valence-corrected chi connectivity index (χ2v) is 6.09. The van der Waals surface area contributed by atoms with Gasteiger partial charge in [-0.15, -0.1) is 0 Å². The lowest BCUT2D eigenvalue weighted by Gasteiger charge is -2.28. The molecule has 0 amide bonds. The van der Waals surface area contributed by atoms with Crippen LogP contribution in [0.15, 0.2) is 24.3 Å². The molecule has 1 fully saturated rings. The van der Waals surface area contributed by atoms with Gasteiger partial charge in [0.25, 0.3) is 0 Å². The van der Waals surface area contributed by atoms with Gasteiger partial charge in [0.15, 0.2) is 0 Å². The van der Waals surface area contributed by atoms with Crippen molar-refractivity contribution in [3.05, 3.63) is 35.4 Å². The van der Waals surface area contributed by atoms with Crippen molar-refractivity contribution in [3.8, 4) is 0 Å². The lowest BCUT2D eigenvalue weighted by molar-refractivity contribution is 0.238. The lowest BCUT2D eigenvalue weighted by atomic mass is 10.0.